The number of fused-ring (bicyclic) bond motifs is 1. The first-order chi connectivity index (χ1) is 10.1. The van der Waals surface area contributed by atoms with E-state index in [0.29, 0.717) is 24.8 Å². The topological polar surface area (TPSA) is 59.6 Å². The molecular weight excluding hydrogens is 268 g/mol. The Balaban J connectivity index is 1.80. The minimum atomic E-state index is -0.0924. The fourth-order valence-corrected chi connectivity index (χ4v) is 2.22. The quantitative estimate of drug-likeness (QED) is 0.805. The van der Waals surface area contributed by atoms with Crippen LogP contribution >= 0.6 is 0 Å². The van der Waals surface area contributed by atoms with E-state index >= 15 is 0 Å². The first kappa shape index (κ1) is 15.6. The minimum absolute atomic E-state index is 0.0341. The third kappa shape index (κ3) is 4.36. The lowest BCUT2D eigenvalue weighted by molar-refractivity contribution is -0.123. The third-order valence-electron chi connectivity index (χ3n) is 3.53. The summed E-state index contributed by atoms with van der Waals surface area (Å²) >= 11 is 0. The van der Waals surface area contributed by atoms with E-state index in [2.05, 4.69) is 24.5 Å². The van der Waals surface area contributed by atoms with Gasteiger partial charge in [-0.3, -0.25) is 4.79 Å². The molecule has 1 amide bonds. The SMILES string of the molecule is CNC1COc2cc(OCC(=O)NCCC(C)C)ccc21. The molecule has 1 aromatic carbocycles. The van der Waals surface area contributed by atoms with Gasteiger partial charge in [0.15, 0.2) is 6.61 Å². The van der Waals surface area contributed by atoms with E-state index in [1.165, 1.54) is 0 Å². The molecule has 5 nitrogen and oxygen atoms in total. The van der Waals surface area contributed by atoms with Gasteiger partial charge >= 0.3 is 0 Å². The van der Waals surface area contributed by atoms with Crippen molar-refractivity contribution in [2.45, 2.75) is 26.3 Å². The van der Waals surface area contributed by atoms with Crippen molar-refractivity contribution in [3.8, 4) is 11.5 Å². The van der Waals surface area contributed by atoms with Crippen molar-refractivity contribution in [2.24, 2.45) is 5.92 Å². The van der Waals surface area contributed by atoms with Crippen molar-refractivity contribution in [3.05, 3.63) is 23.8 Å². The van der Waals surface area contributed by atoms with Crippen LogP contribution in [-0.4, -0.2) is 32.7 Å². The average Bonchev–Trinajstić information content (AvgIpc) is 2.87. The summed E-state index contributed by atoms with van der Waals surface area (Å²) in [6.45, 7) is 5.62. The van der Waals surface area contributed by atoms with Gasteiger partial charge in [-0.1, -0.05) is 13.8 Å². The van der Waals surface area contributed by atoms with Crippen molar-refractivity contribution in [2.75, 3.05) is 26.8 Å². The van der Waals surface area contributed by atoms with Crippen LogP contribution in [0, 0.1) is 5.92 Å². The summed E-state index contributed by atoms with van der Waals surface area (Å²) in [6, 6.07) is 5.93. The zero-order valence-electron chi connectivity index (χ0n) is 12.9. The van der Waals surface area contributed by atoms with Crippen LogP contribution in [0.4, 0.5) is 0 Å². The molecule has 0 saturated carbocycles. The van der Waals surface area contributed by atoms with Crippen LogP contribution in [0.15, 0.2) is 18.2 Å². The number of hydrogen-bond donors (Lipinski definition) is 2. The predicted molar refractivity (Wildman–Crippen MR) is 81.7 cm³/mol. The molecule has 0 radical (unpaired) electrons. The third-order valence-corrected chi connectivity index (χ3v) is 3.53. The predicted octanol–water partition coefficient (Wildman–Crippen LogP) is 1.88. The number of amides is 1. The van der Waals surface area contributed by atoms with Gasteiger partial charge < -0.3 is 20.1 Å². The second kappa shape index (κ2) is 7.31. The summed E-state index contributed by atoms with van der Waals surface area (Å²) in [5.74, 6) is 1.97. The van der Waals surface area contributed by atoms with E-state index in [0.717, 1.165) is 17.7 Å². The smallest absolute Gasteiger partial charge is 0.257 e. The highest BCUT2D eigenvalue weighted by atomic mass is 16.5. The van der Waals surface area contributed by atoms with Crippen LogP contribution in [0.2, 0.25) is 0 Å². The molecule has 116 valence electrons. The Hall–Kier alpha value is -1.75. The molecule has 5 heteroatoms. The van der Waals surface area contributed by atoms with Gasteiger partial charge in [0, 0.05) is 18.2 Å². The molecule has 1 heterocycles. The molecule has 0 aliphatic carbocycles. The van der Waals surface area contributed by atoms with E-state index in [1.54, 1.807) is 0 Å². The van der Waals surface area contributed by atoms with Crippen molar-refractivity contribution in [3.63, 3.8) is 0 Å². The maximum Gasteiger partial charge on any atom is 0.257 e. The monoisotopic (exact) mass is 292 g/mol. The number of benzene rings is 1. The fraction of sp³-hybridized carbons (Fsp3) is 0.562. The maximum atomic E-state index is 11.7. The number of likely N-dealkylation sites (N-methyl/N-ethyl adjacent to an activating group) is 1. The Labute approximate surface area is 126 Å². The highest BCUT2D eigenvalue weighted by Crippen LogP contribution is 2.34. The Kier molecular flexibility index (Phi) is 5.44. The number of hydrogen-bond acceptors (Lipinski definition) is 4. The van der Waals surface area contributed by atoms with E-state index in [4.69, 9.17) is 9.47 Å². The summed E-state index contributed by atoms with van der Waals surface area (Å²) in [5.41, 5.74) is 1.13. The van der Waals surface area contributed by atoms with E-state index in [1.807, 2.05) is 25.2 Å². The normalized spacial score (nSPS) is 16.5. The van der Waals surface area contributed by atoms with Crippen LogP contribution in [0.1, 0.15) is 31.9 Å². The lowest BCUT2D eigenvalue weighted by atomic mass is 10.1. The Bertz CT molecular complexity index is 488. The molecule has 21 heavy (non-hydrogen) atoms. The molecule has 1 aliphatic rings. The molecule has 0 bridgehead atoms. The fourth-order valence-electron chi connectivity index (χ4n) is 2.22. The zero-order chi connectivity index (χ0) is 15.2. The number of rotatable bonds is 7. The molecule has 1 unspecified atom stereocenters. The first-order valence-corrected chi connectivity index (χ1v) is 7.43. The van der Waals surface area contributed by atoms with Gasteiger partial charge in [-0.05, 0) is 31.5 Å². The van der Waals surface area contributed by atoms with Gasteiger partial charge in [0.2, 0.25) is 0 Å². The Morgan fingerprint density at radius 3 is 3.00 bits per heavy atom. The van der Waals surface area contributed by atoms with Gasteiger partial charge in [-0.15, -0.1) is 0 Å². The molecule has 1 aliphatic heterocycles. The highest BCUT2D eigenvalue weighted by molar-refractivity contribution is 5.77. The largest absolute Gasteiger partial charge is 0.491 e. The Morgan fingerprint density at radius 1 is 1.48 bits per heavy atom. The van der Waals surface area contributed by atoms with Crippen LogP contribution < -0.4 is 20.1 Å². The molecule has 1 aromatic rings. The van der Waals surface area contributed by atoms with Crippen molar-refractivity contribution in [1.29, 1.82) is 0 Å². The minimum Gasteiger partial charge on any atom is -0.491 e. The van der Waals surface area contributed by atoms with Crippen molar-refractivity contribution < 1.29 is 14.3 Å². The van der Waals surface area contributed by atoms with Crippen molar-refractivity contribution >= 4 is 5.91 Å². The van der Waals surface area contributed by atoms with Gasteiger partial charge in [-0.25, -0.2) is 0 Å². The van der Waals surface area contributed by atoms with E-state index in [9.17, 15) is 4.79 Å². The number of carbonyl (C=O) groups is 1. The summed E-state index contributed by atoms with van der Waals surface area (Å²) in [7, 11) is 1.91. The van der Waals surface area contributed by atoms with E-state index in [-0.39, 0.29) is 18.6 Å². The summed E-state index contributed by atoms with van der Waals surface area (Å²) in [6.07, 6.45) is 0.976. The molecule has 0 aromatic heterocycles. The van der Waals surface area contributed by atoms with Gasteiger partial charge in [0.25, 0.3) is 5.91 Å². The molecule has 0 saturated heterocycles. The summed E-state index contributed by atoms with van der Waals surface area (Å²) < 4.78 is 11.1. The lowest BCUT2D eigenvalue weighted by Gasteiger charge is -2.10. The summed E-state index contributed by atoms with van der Waals surface area (Å²) in [5, 5.41) is 6.04. The van der Waals surface area contributed by atoms with Gasteiger partial charge in [0.05, 0.1) is 6.04 Å². The number of nitrogens with one attached hydrogen (secondary N) is 2. The highest BCUT2D eigenvalue weighted by Gasteiger charge is 2.22. The van der Waals surface area contributed by atoms with E-state index < -0.39 is 0 Å². The van der Waals surface area contributed by atoms with Crippen molar-refractivity contribution in [1.82, 2.24) is 10.6 Å². The molecular formula is C16H24N2O3. The molecule has 0 spiro atoms. The van der Waals surface area contributed by atoms with Crippen LogP contribution in [0.3, 0.4) is 0 Å². The lowest BCUT2D eigenvalue weighted by Crippen LogP contribution is -2.30. The summed E-state index contributed by atoms with van der Waals surface area (Å²) in [4.78, 5) is 11.7. The number of ether oxygens (including phenoxy) is 2. The average molecular weight is 292 g/mol. The molecule has 1 atom stereocenters. The number of carbonyl (C=O) groups excluding carboxylic acids is 1. The van der Waals surface area contributed by atoms with Crippen LogP contribution in [0.5, 0.6) is 11.5 Å². The Morgan fingerprint density at radius 2 is 2.29 bits per heavy atom. The van der Waals surface area contributed by atoms with Gasteiger partial charge in [-0.2, -0.15) is 0 Å². The second-order valence-electron chi connectivity index (χ2n) is 5.67. The van der Waals surface area contributed by atoms with Gasteiger partial charge in [0.1, 0.15) is 18.1 Å². The standard InChI is InChI=1S/C16H24N2O3/c1-11(2)6-7-18-16(19)10-20-12-4-5-13-14(17-3)9-21-15(13)8-12/h4-5,8,11,14,17H,6-7,9-10H2,1-3H3,(H,18,19). The molecule has 2 rings (SSSR count). The van der Waals surface area contributed by atoms with Crippen LogP contribution in [-0.2, 0) is 4.79 Å². The maximum absolute atomic E-state index is 11.7. The zero-order valence-corrected chi connectivity index (χ0v) is 12.9. The first-order valence-electron chi connectivity index (χ1n) is 7.43. The molecule has 0 fully saturated rings. The van der Waals surface area contributed by atoms with Crippen LogP contribution in [0.25, 0.3) is 0 Å². The second-order valence-corrected chi connectivity index (χ2v) is 5.67. The molecule has 2 N–H and O–H groups in total.